The highest BCUT2D eigenvalue weighted by atomic mass is 32.1. The Labute approximate surface area is 106 Å². The first kappa shape index (κ1) is 13.9. The van der Waals surface area contributed by atoms with Crippen molar-refractivity contribution in [3.8, 4) is 0 Å². The third-order valence-electron chi connectivity index (χ3n) is 2.14. The standard InChI is InChI=1S/C11H19N3O2S/c1-4-5-14(7-10(15)16)11-12-9(13-17-11)6-8(2)3/h8H,4-7H2,1-3H3,(H,15,16). The molecule has 1 aromatic heterocycles. The lowest BCUT2D eigenvalue weighted by molar-refractivity contribution is -0.135. The second-order valence-corrected chi connectivity index (χ2v) is 5.14. The van der Waals surface area contributed by atoms with Crippen LogP contribution < -0.4 is 4.90 Å². The predicted octanol–water partition coefficient (Wildman–Crippen LogP) is 2.04. The molecule has 0 bridgehead atoms. The Morgan fingerprint density at radius 1 is 1.53 bits per heavy atom. The van der Waals surface area contributed by atoms with Gasteiger partial charge in [0.25, 0.3) is 0 Å². The average Bonchev–Trinajstić information content (AvgIpc) is 2.64. The molecule has 96 valence electrons. The molecular formula is C11H19N3O2S. The minimum atomic E-state index is -0.834. The maximum Gasteiger partial charge on any atom is 0.323 e. The number of carboxylic acids is 1. The van der Waals surface area contributed by atoms with Crippen LogP contribution in [0.15, 0.2) is 0 Å². The van der Waals surface area contributed by atoms with Crippen molar-refractivity contribution in [2.75, 3.05) is 18.0 Å². The molecule has 6 heteroatoms. The predicted molar refractivity (Wildman–Crippen MR) is 68.6 cm³/mol. The van der Waals surface area contributed by atoms with E-state index in [0.717, 1.165) is 18.7 Å². The molecule has 0 atom stereocenters. The smallest absolute Gasteiger partial charge is 0.323 e. The Kier molecular flexibility index (Phi) is 5.34. The molecule has 0 radical (unpaired) electrons. The van der Waals surface area contributed by atoms with E-state index in [9.17, 15) is 4.79 Å². The summed E-state index contributed by atoms with van der Waals surface area (Å²) in [5, 5.41) is 9.55. The molecule has 5 nitrogen and oxygen atoms in total. The first-order valence-electron chi connectivity index (χ1n) is 5.82. The highest BCUT2D eigenvalue weighted by Gasteiger charge is 2.15. The van der Waals surface area contributed by atoms with Gasteiger partial charge in [-0.05, 0) is 12.3 Å². The summed E-state index contributed by atoms with van der Waals surface area (Å²) in [5.74, 6) is 0.488. The van der Waals surface area contributed by atoms with Crippen molar-refractivity contribution in [1.82, 2.24) is 9.36 Å². The van der Waals surface area contributed by atoms with Crippen molar-refractivity contribution in [2.45, 2.75) is 33.6 Å². The van der Waals surface area contributed by atoms with E-state index in [2.05, 4.69) is 23.2 Å². The molecule has 17 heavy (non-hydrogen) atoms. The third kappa shape index (κ3) is 4.68. The molecule has 0 aliphatic heterocycles. The third-order valence-corrected chi connectivity index (χ3v) is 2.95. The fourth-order valence-corrected chi connectivity index (χ4v) is 2.22. The molecule has 0 unspecified atom stereocenters. The lowest BCUT2D eigenvalue weighted by Crippen LogP contribution is -2.30. The summed E-state index contributed by atoms with van der Waals surface area (Å²) >= 11 is 1.28. The second-order valence-electron chi connectivity index (χ2n) is 4.41. The van der Waals surface area contributed by atoms with Crippen molar-refractivity contribution < 1.29 is 9.90 Å². The lowest BCUT2D eigenvalue weighted by atomic mass is 10.1. The maximum atomic E-state index is 10.8. The molecule has 0 fully saturated rings. The van der Waals surface area contributed by atoms with Gasteiger partial charge in [0, 0.05) is 24.5 Å². The SMILES string of the molecule is CCCN(CC(=O)O)c1nc(CC(C)C)ns1. The first-order chi connectivity index (χ1) is 8.02. The van der Waals surface area contributed by atoms with Crippen LogP contribution in [-0.4, -0.2) is 33.5 Å². The van der Waals surface area contributed by atoms with Gasteiger partial charge in [0.05, 0.1) is 0 Å². The van der Waals surface area contributed by atoms with Gasteiger partial charge in [0.15, 0.2) is 0 Å². The molecule has 0 saturated carbocycles. The highest BCUT2D eigenvalue weighted by Crippen LogP contribution is 2.18. The summed E-state index contributed by atoms with van der Waals surface area (Å²) < 4.78 is 4.26. The van der Waals surface area contributed by atoms with Crippen LogP contribution in [0.25, 0.3) is 0 Å². The van der Waals surface area contributed by atoms with Gasteiger partial charge in [-0.25, -0.2) is 4.98 Å². The van der Waals surface area contributed by atoms with Crippen molar-refractivity contribution in [3.63, 3.8) is 0 Å². The van der Waals surface area contributed by atoms with Crippen LogP contribution >= 0.6 is 11.5 Å². The van der Waals surface area contributed by atoms with Crippen molar-refractivity contribution >= 4 is 22.6 Å². The zero-order valence-corrected chi connectivity index (χ0v) is 11.3. The second kappa shape index (κ2) is 6.54. The number of hydrogen-bond acceptors (Lipinski definition) is 5. The summed E-state index contributed by atoms with van der Waals surface area (Å²) in [7, 11) is 0. The molecule has 0 amide bonds. The first-order valence-corrected chi connectivity index (χ1v) is 6.59. The molecule has 0 spiro atoms. The van der Waals surface area contributed by atoms with E-state index >= 15 is 0 Å². The van der Waals surface area contributed by atoms with Gasteiger partial charge >= 0.3 is 5.97 Å². The lowest BCUT2D eigenvalue weighted by Gasteiger charge is -2.17. The summed E-state index contributed by atoms with van der Waals surface area (Å²) in [6, 6.07) is 0. The Bertz CT molecular complexity index is 365. The summed E-state index contributed by atoms with van der Waals surface area (Å²) in [5.41, 5.74) is 0. The van der Waals surface area contributed by atoms with E-state index in [-0.39, 0.29) is 6.54 Å². The zero-order valence-electron chi connectivity index (χ0n) is 10.5. The van der Waals surface area contributed by atoms with Gasteiger partial charge in [-0.15, -0.1) is 0 Å². The maximum absolute atomic E-state index is 10.8. The van der Waals surface area contributed by atoms with Crippen LogP contribution in [0.4, 0.5) is 5.13 Å². The minimum Gasteiger partial charge on any atom is -0.480 e. The number of aliphatic carboxylic acids is 1. The van der Waals surface area contributed by atoms with E-state index in [1.165, 1.54) is 11.5 Å². The average molecular weight is 257 g/mol. The Morgan fingerprint density at radius 2 is 2.24 bits per heavy atom. The van der Waals surface area contributed by atoms with E-state index in [1.807, 2.05) is 6.92 Å². The van der Waals surface area contributed by atoms with Crippen molar-refractivity contribution in [2.24, 2.45) is 5.92 Å². The summed E-state index contributed by atoms with van der Waals surface area (Å²) in [4.78, 5) is 16.9. The number of carbonyl (C=O) groups is 1. The van der Waals surface area contributed by atoms with Crippen LogP contribution in [0, 0.1) is 5.92 Å². The number of nitrogens with zero attached hydrogens (tertiary/aromatic N) is 3. The van der Waals surface area contributed by atoms with Crippen molar-refractivity contribution in [1.29, 1.82) is 0 Å². The van der Waals surface area contributed by atoms with Crippen LogP contribution in [0.5, 0.6) is 0 Å². The van der Waals surface area contributed by atoms with Gasteiger partial charge in [-0.1, -0.05) is 20.8 Å². The molecule has 0 aliphatic rings. The van der Waals surface area contributed by atoms with Gasteiger partial charge in [-0.3, -0.25) is 4.79 Å². The zero-order chi connectivity index (χ0) is 12.8. The molecule has 1 heterocycles. The number of carboxylic acid groups (broad SMARTS) is 1. The highest BCUT2D eigenvalue weighted by molar-refractivity contribution is 7.09. The van der Waals surface area contributed by atoms with E-state index in [1.54, 1.807) is 4.90 Å². The van der Waals surface area contributed by atoms with Gasteiger partial charge in [0.1, 0.15) is 12.4 Å². The molecule has 1 N–H and O–H groups in total. The molecule has 0 saturated heterocycles. The number of anilines is 1. The topological polar surface area (TPSA) is 66.3 Å². The molecule has 1 rings (SSSR count). The van der Waals surface area contributed by atoms with E-state index < -0.39 is 5.97 Å². The monoisotopic (exact) mass is 257 g/mol. The fourth-order valence-electron chi connectivity index (χ4n) is 1.50. The Balaban J connectivity index is 2.72. The molecule has 0 aromatic carbocycles. The molecule has 1 aromatic rings. The number of rotatable bonds is 7. The minimum absolute atomic E-state index is 0.00977. The molecular weight excluding hydrogens is 238 g/mol. The fraction of sp³-hybridized carbons (Fsp3) is 0.727. The van der Waals surface area contributed by atoms with Crippen LogP contribution in [-0.2, 0) is 11.2 Å². The number of hydrogen-bond donors (Lipinski definition) is 1. The largest absolute Gasteiger partial charge is 0.480 e. The Morgan fingerprint density at radius 3 is 2.76 bits per heavy atom. The summed E-state index contributed by atoms with van der Waals surface area (Å²) in [6.45, 7) is 6.93. The van der Waals surface area contributed by atoms with Gasteiger partial charge in [0.2, 0.25) is 5.13 Å². The van der Waals surface area contributed by atoms with E-state index in [0.29, 0.717) is 17.6 Å². The van der Waals surface area contributed by atoms with E-state index in [4.69, 9.17) is 5.11 Å². The Hall–Kier alpha value is -1.17. The van der Waals surface area contributed by atoms with Crippen LogP contribution in [0.3, 0.4) is 0 Å². The molecule has 0 aliphatic carbocycles. The number of aromatic nitrogens is 2. The van der Waals surface area contributed by atoms with Gasteiger partial charge in [-0.2, -0.15) is 4.37 Å². The quantitative estimate of drug-likeness (QED) is 0.809. The van der Waals surface area contributed by atoms with Crippen molar-refractivity contribution in [3.05, 3.63) is 5.82 Å². The van der Waals surface area contributed by atoms with Crippen LogP contribution in [0.1, 0.15) is 33.0 Å². The van der Waals surface area contributed by atoms with Crippen LogP contribution in [0.2, 0.25) is 0 Å². The normalized spacial score (nSPS) is 10.8. The summed E-state index contributed by atoms with van der Waals surface area (Å²) in [6.07, 6.45) is 1.73. The van der Waals surface area contributed by atoms with Gasteiger partial charge < -0.3 is 10.0 Å².